The zero-order valence-electron chi connectivity index (χ0n) is 17.0. The number of nitrogens with one attached hydrogen (secondary N) is 2. The van der Waals surface area contributed by atoms with E-state index in [1.54, 1.807) is 47.7 Å². The minimum absolute atomic E-state index is 0.402. The summed E-state index contributed by atoms with van der Waals surface area (Å²) in [6.45, 7) is 1.96. The summed E-state index contributed by atoms with van der Waals surface area (Å²) in [6, 6.07) is 19.4. The largest absolute Gasteiger partial charge is 0.428 e. The molecule has 1 aromatic heterocycles. The van der Waals surface area contributed by atoms with Crippen LogP contribution in [0.3, 0.4) is 0 Å². The molecule has 0 fully saturated rings. The van der Waals surface area contributed by atoms with Gasteiger partial charge in [0.25, 0.3) is 0 Å². The lowest BCUT2D eigenvalue weighted by Crippen LogP contribution is -2.26. The van der Waals surface area contributed by atoms with Crippen LogP contribution in [0.1, 0.15) is 23.0 Å². The average Bonchev–Trinajstić information content (AvgIpc) is 3.13. The molecule has 1 atom stereocenters. The number of alkyl halides is 3. The number of rotatable bonds is 6. The minimum atomic E-state index is -4.68. The lowest BCUT2D eigenvalue weighted by Gasteiger charge is -2.22. The predicted molar refractivity (Wildman–Crippen MR) is 126 cm³/mol. The highest BCUT2D eigenvalue weighted by Gasteiger charge is 2.35. The number of benzene rings is 3. The van der Waals surface area contributed by atoms with Crippen molar-refractivity contribution < 1.29 is 13.2 Å². The van der Waals surface area contributed by atoms with Crippen molar-refractivity contribution >= 4 is 44.6 Å². The van der Waals surface area contributed by atoms with Crippen LogP contribution < -0.4 is 5.32 Å². The van der Waals surface area contributed by atoms with Crippen molar-refractivity contribution in [3.8, 4) is 11.1 Å². The number of aryl methyl sites for hydroxylation is 1. The fourth-order valence-electron chi connectivity index (χ4n) is 3.47. The zero-order valence-corrected chi connectivity index (χ0v) is 18.6. The Morgan fingerprint density at radius 2 is 1.75 bits per heavy atom. The summed E-state index contributed by atoms with van der Waals surface area (Å²) in [4.78, 5) is 4.52. The van der Waals surface area contributed by atoms with Crippen LogP contribution in [0.15, 0.2) is 66.7 Å². The van der Waals surface area contributed by atoms with Crippen molar-refractivity contribution in [2.75, 3.05) is 5.32 Å². The molecule has 0 aliphatic carbocycles. The van der Waals surface area contributed by atoms with E-state index in [4.69, 9.17) is 17.0 Å². The first kappa shape index (κ1) is 22.3. The van der Waals surface area contributed by atoms with E-state index in [-0.39, 0.29) is 0 Å². The van der Waals surface area contributed by atoms with Gasteiger partial charge in [0, 0.05) is 6.42 Å². The molecule has 8 heteroatoms. The molecule has 0 amide bonds. The molecule has 1 heterocycles. The monoisotopic (exact) mass is 473 g/mol. The van der Waals surface area contributed by atoms with Crippen molar-refractivity contribution in [1.29, 1.82) is 5.41 Å². The third kappa shape index (κ3) is 4.95. The Hall–Kier alpha value is -2.90. The molecular weight excluding hydrogens is 455 g/mol. The van der Waals surface area contributed by atoms with Crippen molar-refractivity contribution in [2.24, 2.45) is 0 Å². The van der Waals surface area contributed by atoms with Gasteiger partial charge in [-0.3, -0.25) is 0 Å². The molecule has 0 radical (unpaired) electrons. The van der Waals surface area contributed by atoms with Crippen LogP contribution in [-0.2, 0) is 0 Å². The number of anilines is 1. The number of hydrogen-bond donors (Lipinski definition) is 2. The fourth-order valence-corrected chi connectivity index (χ4v) is 4.47. The average molecular weight is 474 g/mol. The van der Waals surface area contributed by atoms with Gasteiger partial charge in [0.2, 0.25) is 0 Å². The van der Waals surface area contributed by atoms with E-state index < -0.39 is 24.4 Å². The van der Waals surface area contributed by atoms with Gasteiger partial charge >= 0.3 is 6.18 Å². The van der Waals surface area contributed by atoms with Gasteiger partial charge < -0.3 is 10.7 Å². The van der Waals surface area contributed by atoms with Crippen LogP contribution >= 0.6 is 22.9 Å². The lowest BCUT2D eigenvalue weighted by atomic mass is 9.97. The predicted octanol–water partition coefficient (Wildman–Crippen LogP) is 8.05. The summed E-state index contributed by atoms with van der Waals surface area (Å²) >= 11 is 7.82. The van der Waals surface area contributed by atoms with Crippen LogP contribution in [0.5, 0.6) is 0 Å². The number of fused-ring (bicyclic) bond motifs is 1. The molecule has 0 saturated carbocycles. The second kappa shape index (κ2) is 8.92. The number of para-hydroxylation sites is 1. The Kier molecular flexibility index (Phi) is 6.22. The Morgan fingerprint density at radius 3 is 2.44 bits per heavy atom. The third-order valence-electron chi connectivity index (χ3n) is 5.09. The lowest BCUT2D eigenvalue weighted by molar-refractivity contribution is -0.0614. The number of nitrogens with zero attached hydrogens (tertiary/aromatic N) is 1. The topological polar surface area (TPSA) is 48.8 Å². The summed E-state index contributed by atoms with van der Waals surface area (Å²) < 4.78 is 40.3. The van der Waals surface area contributed by atoms with Crippen LogP contribution in [0.2, 0.25) is 5.02 Å². The minimum Gasteiger partial charge on any atom is -0.377 e. The summed E-state index contributed by atoms with van der Waals surface area (Å²) in [6.07, 6.45) is -5.19. The summed E-state index contributed by atoms with van der Waals surface area (Å²) in [5.74, 6) is 0. The first-order chi connectivity index (χ1) is 15.2. The maximum absolute atomic E-state index is 13.1. The highest BCUT2D eigenvalue weighted by Crippen LogP contribution is 2.33. The van der Waals surface area contributed by atoms with Crippen molar-refractivity contribution in [3.63, 3.8) is 0 Å². The van der Waals surface area contributed by atoms with E-state index in [0.29, 0.717) is 16.3 Å². The van der Waals surface area contributed by atoms with Gasteiger partial charge in [0.05, 0.1) is 32.0 Å². The van der Waals surface area contributed by atoms with Crippen molar-refractivity contribution in [3.05, 3.63) is 82.3 Å². The molecule has 0 bridgehead atoms. The van der Waals surface area contributed by atoms with Crippen molar-refractivity contribution in [2.45, 2.75) is 25.6 Å². The number of hydrogen-bond acceptors (Lipinski definition) is 4. The van der Waals surface area contributed by atoms with Gasteiger partial charge in [0.15, 0.2) is 0 Å². The van der Waals surface area contributed by atoms with Gasteiger partial charge in [-0.2, -0.15) is 13.2 Å². The Morgan fingerprint density at radius 1 is 1.06 bits per heavy atom. The van der Waals surface area contributed by atoms with E-state index in [9.17, 15) is 13.2 Å². The molecule has 4 aromatic rings. The maximum atomic E-state index is 13.1. The van der Waals surface area contributed by atoms with Crippen LogP contribution in [-0.4, -0.2) is 16.9 Å². The van der Waals surface area contributed by atoms with E-state index in [1.807, 2.05) is 37.3 Å². The SMILES string of the molecule is Cc1nc2cc(-c3ccc(C(CC(=N)C(F)(F)F)Nc4ccccc4Cl)cc3)ccc2s1. The molecular formula is C24H19ClF3N3S. The molecule has 3 nitrogen and oxygen atoms in total. The second-order valence-electron chi connectivity index (χ2n) is 7.39. The van der Waals surface area contributed by atoms with Crippen LogP contribution in [0.4, 0.5) is 18.9 Å². The first-order valence-electron chi connectivity index (χ1n) is 9.84. The van der Waals surface area contributed by atoms with E-state index in [1.165, 1.54) is 0 Å². The van der Waals surface area contributed by atoms with E-state index in [2.05, 4.69) is 10.3 Å². The third-order valence-corrected chi connectivity index (χ3v) is 6.38. The van der Waals surface area contributed by atoms with Gasteiger partial charge in [-0.05, 0) is 47.9 Å². The smallest absolute Gasteiger partial charge is 0.377 e. The molecule has 2 N–H and O–H groups in total. The van der Waals surface area contributed by atoms with Gasteiger partial charge in [-0.25, -0.2) is 4.98 Å². The molecule has 0 aliphatic rings. The van der Waals surface area contributed by atoms with Gasteiger partial charge in [0.1, 0.15) is 5.71 Å². The molecule has 0 saturated heterocycles. The fraction of sp³-hybridized carbons (Fsp3) is 0.167. The molecule has 0 spiro atoms. The molecule has 3 aromatic carbocycles. The molecule has 1 unspecified atom stereocenters. The standard InChI is InChI=1S/C24H19ClF3N3S/c1-14-30-21-12-17(10-11-22(21)32-14)15-6-8-16(9-7-15)20(13-23(29)24(26,27)28)31-19-5-3-2-4-18(19)25/h2-12,20,29,31H,13H2,1H3. The highest BCUT2D eigenvalue weighted by molar-refractivity contribution is 7.18. The van der Waals surface area contributed by atoms with Gasteiger partial charge in [-0.15, -0.1) is 11.3 Å². The first-order valence-corrected chi connectivity index (χ1v) is 11.0. The normalized spacial score (nSPS) is 12.7. The summed E-state index contributed by atoms with van der Waals surface area (Å²) in [7, 11) is 0. The van der Waals surface area contributed by atoms with Crippen LogP contribution in [0.25, 0.3) is 21.3 Å². The van der Waals surface area contributed by atoms with Gasteiger partial charge in [-0.1, -0.05) is 54.1 Å². The van der Waals surface area contributed by atoms with Crippen molar-refractivity contribution in [1.82, 2.24) is 4.98 Å². The Balaban J connectivity index is 1.63. The maximum Gasteiger partial charge on any atom is 0.428 e. The van der Waals surface area contributed by atoms with E-state index in [0.717, 1.165) is 26.4 Å². The zero-order chi connectivity index (χ0) is 22.9. The molecule has 0 aliphatic heterocycles. The number of aromatic nitrogens is 1. The molecule has 164 valence electrons. The highest BCUT2D eigenvalue weighted by atomic mass is 35.5. The second-order valence-corrected chi connectivity index (χ2v) is 9.04. The summed E-state index contributed by atoms with van der Waals surface area (Å²) in [5.41, 5.74) is 2.69. The number of thiazole rings is 1. The molecule has 4 rings (SSSR count). The quantitative estimate of drug-likeness (QED) is 0.278. The number of halogens is 4. The molecule has 32 heavy (non-hydrogen) atoms. The Bertz CT molecular complexity index is 1270. The summed E-state index contributed by atoms with van der Waals surface area (Å²) in [5, 5.41) is 12.0. The Labute approximate surface area is 192 Å². The van der Waals surface area contributed by atoms with E-state index >= 15 is 0 Å². The van der Waals surface area contributed by atoms with Crippen LogP contribution in [0, 0.1) is 12.3 Å².